The second-order valence-electron chi connectivity index (χ2n) is 10.0. The number of aryl methyl sites for hydroxylation is 3. The predicted octanol–water partition coefficient (Wildman–Crippen LogP) is 5.48. The van der Waals surface area contributed by atoms with Crippen LogP contribution >= 0.6 is 0 Å². The summed E-state index contributed by atoms with van der Waals surface area (Å²) in [6.45, 7) is 2.40. The molecule has 6 nitrogen and oxygen atoms in total. The van der Waals surface area contributed by atoms with Crippen LogP contribution in [0.4, 0.5) is 13.2 Å². The third-order valence-electron chi connectivity index (χ3n) is 7.33. The molecule has 0 atom stereocenters. The van der Waals surface area contributed by atoms with Crippen LogP contribution in [0.3, 0.4) is 0 Å². The van der Waals surface area contributed by atoms with E-state index in [2.05, 4.69) is 20.1 Å². The first kappa shape index (κ1) is 25.5. The number of carbonyl (C=O) groups is 1. The van der Waals surface area contributed by atoms with E-state index >= 15 is 0 Å². The Hall–Kier alpha value is -2.58. The molecule has 35 heavy (non-hydrogen) atoms. The average molecular weight is 493 g/mol. The zero-order valence-corrected chi connectivity index (χ0v) is 20.5. The average Bonchev–Trinajstić information content (AvgIpc) is 3.59. The first-order valence-electron chi connectivity index (χ1n) is 12.6. The maximum absolute atomic E-state index is 12.9. The summed E-state index contributed by atoms with van der Waals surface area (Å²) >= 11 is 0. The lowest BCUT2D eigenvalue weighted by atomic mass is 9.79. The van der Waals surface area contributed by atoms with E-state index in [-0.39, 0.29) is 18.7 Å². The van der Waals surface area contributed by atoms with Gasteiger partial charge in [0.1, 0.15) is 17.4 Å². The van der Waals surface area contributed by atoms with E-state index in [0.717, 1.165) is 54.2 Å². The molecule has 1 heterocycles. The summed E-state index contributed by atoms with van der Waals surface area (Å²) in [6.07, 6.45) is 2.21. The van der Waals surface area contributed by atoms with Crippen molar-refractivity contribution in [3.8, 4) is 5.75 Å². The van der Waals surface area contributed by atoms with E-state index in [1.807, 2.05) is 25.1 Å². The van der Waals surface area contributed by atoms with Gasteiger partial charge < -0.3 is 14.6 Å². The topological polar surface area (TPSA) is 69.0 Å². The largest absolute Gasteiger partial charge is 0.496 e. The number of amides is 1. The molecule has 1 aromatic heterocycles. The van der Waals surface area contributed by atoms with Crippen LogP contribution in [0.25, 0.3) is 0 Å². The predicted molar refractivity (Wildman–Crippen MR) is 126 cm³/mol. The van der Waals surface area contributed by atoms with Crippen LogP contribution in [0.5, 0.6) is 5.75 Å². The molecule has 0 spiro atoms. The fraction of sp³-hybridized carbons (Fsp3) is 0.654. The molecule has 0 unspecified atom stereocenters. The number of ether oxygens (including phenoxy) is 1. The van der Waals surface area contributed by atoms with Crippen LogP contribution in [-0.4, -0.2) is 34.0 Å². The van der Waals surface area contributed by atoms with Crippen molar-refractivity contribution in [3.05, 3.63) is 41.0 Å². The van der Waals surface area contributed by atoms with Crippen molar-refractivity contribution >= 4 is 5.91 Å². The summed E-state index contributed by atoms with van der Waals surface area (Å²) in [4.78, 5) is 12.5. The Morgan fingerprint density at radius 2 is 1.77 bits per heavy atom. The number of methoxy groups -OCH3 is 1. The number of carbonyl (C=O) groups excluding carboxylic acids is 1. The van der Waals surface area contributed by atoms with Crippen molar-refractivity contribution in [2.24, 2.45) is 11.8 Å². The van der Waals surface area contributed by atoms with Gasteiger partial charge in [-0.3, -0.25) is 4.79 Å². The first-order chi connectivity index (χ1) is 16.7. The molecule has 1 N–H and O–H groups in total. The number of nitrogens with one attached hydrogen (secondary N) is 1. The Morgan fingerprint density at radius 3 is 2.40 bits per heavy atom. The van der Waals surface area contributed by atoms with Crippen LogP contribution in [-0.2, 0) is 24.2 Å². The number of aromatic nitrogens is 3. The molecule has 1 aromatic carbocycles. The molecule has 192 valence electrons. The van der Waals surface area contributed by atoms with E-state index in [1.165, 1.54) is 0 Å². The molecule has 1 amide bonds. The van der Waals surface area contributed by atoms with Gasteiger partial charge in [0.05, 0.1) is 13.0 Å². The molecule has 9 heteroatoms. The van der Waals surface area contributed by atoms with Gasteiger partial charge in [0.15, 0.2) is 0 Å². The number of hydrogen-bond acceptors (Lipinski definition) is 4. The SMILES string of the molecule is COc1cc(C)ccc1CNC(=O)CCc1nnc(CCC2CCC(C(F)(F)F)CC2)n1C1CC1. The minimum absolute atomic E-state index is 0.0547. The minimum Gasteiger partial charge on any atom is -0.496 e. The Balaban J connectivity index is 1.27. The summed E-state index contributed by atoms with van der Waals surface area (Å²) in [5.74, 6) is 1.61. The summed E-state index contributed by atoms with van der Waals surface area (Å²) < 4.78 is 46.4. The van der Waals surface area contributed by atoms with Crippen LogP contribution in [0, 0.1) is 18.8 Å². The molecule has 2 aromatic rings. The third-order valence-corrected chi connectivity index (χ3v) is 7.33. The standard InChI is InChI=1S/C26H35F3N4O2/c1-17-3-7-19(22(15-17)35-2)16-30-25(34)14-13-24-32-31-23(33(24)21-10-11-21)12-6-18-4-8-20(9-5-18)26(27,28)29/h3,7,15,18,20-21H,4-6,8-14,16H2,1-2H3,(H,30,34). The van der Waals surface area contributed by atoms with Gasteiger partial charge in [-0.2, -0.15) is 13.2 Å². The lowest BCUT2D eigenvalue weighted by Crippen LogP contribution is -2.28. The van der Waals surface area contributed by atoms with Crippen molar-refractivity contribution < 1.29 is 22.7 Å². The van der Waals surface area contributed by atoms with Gasteiger partial charge in [-0.25, -0.2) is 0 Å². The van der Waals surface area contributed by atoms with Crippen LogP contribution in [0.15, 0.2) is 18.2 Å². The second kappa shape index (κ2) is 11.0. The van der Waals surface area contributed by atoms with E-state index in [9.17, 15) is 18.0 Å². The third kappa shape index (κ3) is 6.76. The minimum atomic E-state index is -4.06. The zero-order chi connectivity index (χ0) is 25.0. The van der Waals surface area contributed by atoms with Crippen molar-refractivity contribution in [2.75, 3.05) is 7.11 Å². The van der Waals surface area contributed by atoms with Crippen LogP contribution in [0.2, 0.25) is 0 Å². The Morgan fingerprint density at radius 1 is 1.09 bits per heavy atom. The molecule has 2 aliphatic rings. The molecule has 0 saturated heterocycles. The molecule has 0 radical (unpaired) electrons. The van der Waals surface area contributed by atoms with Crippen LogP contribution < -0.4 is 10.1 Å². The van der Waals surface area contributed by atoms with Gasteiger partial charge in [0, 0.05) is 37.4 Å². The lowest BCUT2D eigenvalue weighted by Gasteiger charge is -2.29. The van der Waals surface area contributed by atoms with E-state index < -0.39 is 12.1 Å². The van der Waals surface area contributed by atoms with Gasteiger partial charge in [0.2, 0.25) is 5.91 Å². The normalized spacial score (nSPS) is 20.6. The number of benzene rings is 1. The fourth-order valence-corrected chi connectivity index (χ4v) is 5.07. The van der Waals surface area contributed by atoms with Crippen LogP contribution in [0.1, 0.15) is 80.2 Å². The molecule has 0 aliphatic heterocycles. The quantitative estimate of drug-likeness (QED) is 0.477. The molecule has 4 rings (SSSR count). The van der Waals surface area contributed by atoms with Crippen molar-refractivity contribution in [1.29, 1.82) is 0 Å². The van der Waals surface area contributed by atoms with Crippen molar-refractivity contribution in [2.45, 2.75) is 89.9 Å². The van der Waals surface area contributed by atoms with Gasteiger partial charge in [-0.15, -0.1) is 10.2 Å². The first-order valence-corrected chi connectivity index (χ1v) is 12.6. The molecule has 2 fully saturated rings. The number of halogens is 3. The maximum atomic E-state index is 12.9. The summed E-state index contributed by atoms with van der Waals surface area (Å²) in [5, 5.41) is 11.7. The van der Waals surface area contributed by atoms with Gasteiger partial charge >= 0.3 is 6.18 Å². The smallest absolute Gasteiger partial charge is 0.391 e. The monoisotopic (exact) mass is 492 g/mol. The molecule has 2 aliphatic carbocycles. The van der Waals surface area contributed by atoms with Crippen molar-refractivity contribution in [1.82, 2.24) is 20.1 Å². The number of nitrogens with zero attached hydrogens (tertiary/aromatic N) is 3. The highest BCUT2D eigenvalue weighted by molar-refractivity contribution is 5.76. The highest BCUT2D eigenvalue weighted by atomic mass is 19.4. The molecule has 0 bridgehead atoms. The van der Waals surface area contributed by atoms with Crippen molar-refractivity contribution in [3.63, 3.8) is 0 Å². The van der Waals surface area contributed by atoms with Gasteiger partial charge in [-0.05, 0) is 69.4 Å². The summed E-state index contributed by atoms with van der Waals surface area (Å²) in [7, 11) is 1.62. The Bertz CT molecular complexity index is 1010. The lowest BCUT2D eigenvalue weighted by molar-refractivity contribution is -0.184. The number of alkyl halides is 3. The Kier molecular flexibility index (Phi) is 8.02. The summed E-state index contributed by atoms with van der Waals surface area (Å²) in [5.41, 5.74) is 2.03. The molecular weight excluding hydrogens is 457 g/mol. The van der Waals surface area contributed by atoms with E-state index in [0.29, 0.717) is 44.2 Å². The Labute approximate surface area is 204 Å². The number of hydrogen-bond donors (Lipinski definition) is 1. The van der Waals surface area contributed by atoms with E-state index in [4.69, 9.17) is 4.74 Å². The summed E-state index contributed by atoms with van der Waals surface area (Å²) in [6, 6.07) is 6.28. The molecule has 2 saturated carbocycles. The van der Waals surface area contributed by atoms with Gasteiger partial charge in [-0.1, -0.05) is 12.1 Å². The molecular formula is C26H35F3N4O2. The highest BCUT2D eigenvalue weighted by Crippen LogP contribution is 2.41. The van der Waals surface area contributed by atoms with Gasteiger partial charge in [0.25, 0.3) is 0 Å². The maximum Gasteiger partial charge on any atom is 0.391 e. The highest BCUT2D eigenvalue weighted by Gasteiger charge is 2.41. The zero-order valence-electron chi connectivity index (χ0n) is 20.5. The number of rotatable bonds is 10. The van der Waals surface area contributed by atoms with E-state index in [1.54, 1.807) is 7.11 Å². The second-order valence-corrected chi connectivity index (χ2v) is 10.0. The fourth-order valence-electron chi connectivity index (χ4n) is 5.07.